The number of halogens is 1. The van der Waals surface area contributed by atoms with Crippen molar-refractivity contribution in [2.45, 2.75) is 12.8 Å². The van der Waals surface area contributed by atoms with Crippen molar-refractivity contribution in [2.24, 2.45) is 0 Å². The van der Waals surface area contributed by atoms with Crippen LogP contribution in [-0.4, -0.2) is 30.5 Å². The van der Waals surface area contributed by atoms with Crippen LogP contribution < -0.4 is 5.32 Å². The summed E-state index contributed by atoms with van der Waals surface area (Å²) in [7, 11) is 1.34. The Kier molecular flexibility index (Phi) is 4.63. The fourth-order valence-corrected chi connectivity index (χ4v) is 2.04. The largest absolute Gasteiger partial charge is 0.469 e. The quantitative estimate of drug-likeness (QED) is 0.657. The molecule has 2 aromatic rings. The summed E-state index contributed by atoms with van der Waals surface area (Å²) < 4.78 is 4.52. The first kappa shape index (κ1) is 14.4. The fraction of sp³-hybridized carbons (Fsp3) is 0.286. The molecular formula is C14H15ClN2O3. The predicted octanol–water partition coefficient (Wildman–Crippen LogP) is 2.50. The summed E-state index contributed by atoms with van der Waals surface area (Å²) in [4.78, 5) is 25.9. The molecule has 0 fully saturated rings. The van der Waals surface area contributed by atoms with Gasteiger partial charge in [-0.05, 0) is 30.7 Å². The first-order valence-corrected chi connectivity index (χ1v) is 6.61. The van der Waals surface area contributed by atoms with Gasteiger partial charge < -0.3 is 15.0 Å². The number of hydrogen-bond acceptors (Lipinski definition) is 3. The highest BCUT2D eigenvalue weighted by molar-refractivity contribution is 6.31. The second-order valence-electron chi connectivity index (χ2n) is 4.35. The molecule has 0 atom stereocenters. The van der Waals surface area contributed by atoms with Gasteiger partial charge in [-0.2, -0.15) is 0 Å². The van der Waals surface area contributed by atoms with Gasteiger partial charge in [-0.25, -0.2) is 0 Å². The first-order valence-electron chi connectivity index (χ1n) is 6.23. The molecule has 0 spiro atoms. The van der Waals surface area contributed by atoms with E-state index in [9.17, 15) is 9.59 Å². The van der Waals surface area contributed by atoms with Gasteiger partial charge in [-0.1, -0.05) is 11.6 Å². The number of aromatic nitrogens is 1. The van der Waals surface area contributed by atoms with Crippen LogP contribution >= 0.6 is 11.6 Å². The standard InChI is InChI=1S/C14H15ClN2O3/c1-20-13(18)3-2-6-16-14(19)12-8-9-7-10(15)4-5-11(9)17-12/h4-5,7-8,17H,2-3,6H2,1H3,(H,16,19). The van der Waals surface area contributed by atoms with E-state index in [0.717, 1.165) is 10.9 Å². The number of fused-ring (bicyclic) bond motifs is 1. The van der Waals surface area contributed by atoms with Crippen LogP contribution in [-0.2, 0) is 9.53 Å². The third-order valence-corrected chi connectivity index (χ3v) is 3.13. The molecule has 0 unspecified atom stereocenters. The molecule has 0 saturated carbocycles. The summed E-state index contributed by atoms with van der Waals surface area (Å²) >= 11 is 5.90. The van der Waals surface area contributed by atoms with Gasteiger partial charge in [0.15, 0.2) is 0 Å². The summed E-state index contributed by atoms with van der Waals surface area (Å²) in [5.41, 5.74) is 1.33. The Morgan fingerprint density at radius 3 is 2.90 bits per heavy atom. The van der Waals surface area contributed by atoms with Crippen molar-refractivity contribution in [1.82, 2.24) is 10.3 Å². The third kappa shape index (κ3) is 3.51. The predicted molar refractivity (Wildman–Crippen MR) is 76.9 cm³/mol. The molecule has 5 nitrogen and oxygen atoms in total. The van der Waals surface area contributed by atoms with Crippen LogP contribution in [0.1, 0.15) is 23.3 Å². The highest BCUT2D eigenvalue weighted by Crippen LogP contribution is 2.19. The zero-order valence-corrected chi connectivity index (χ0v) is 11.8. The van der Waals surface area contributed by atoms with Crippen LogP contribution in [0.15, 0.2) is 24.3 Å². The normalized spacial score (nSPS) is 10.5. The van der Waals surface area contributed by atoms with Crippen molar-refractivity contribution in [3.8, 4) is 0 Å². The number of ether oxygens (including phenoxy) is 1. The van der Waals surface area contributed by atoms with Crippen molar-refractivity contribution >= 4 is 34.4 Å². The Balaban J connectivity index is 1.92. The van der Waals surface area contributed by atoms with Gasteiger partial charge in [0.25, 0.3) is 5.91 Å². The monoisotopic (exact) mass is 294 g/mol. The summed E-state index contributed by atoms with van der Waals surface area (Å²) in [6.07, 6.45) is 0.837. The second kappa shape index (κ2) is 6.43. The van der Waals surface area contributed by atoms with E-state index in [0.29, 0.717) is 30.1 Å². The Morgan fingerprint density at radius 2 is 2.15 bits per heavy atom. The highest BCUT2D eigenvalue weighted by atomic mass is 35.5. The molecule has 2 N–H and O–H groups in total. The van der Waals surface area contributed by atoms with E-state index >= 15 is 0 Å². The molecule has 0 bridgehead atoms. The van der Waals surface area contributed by atoms with Crippen molar-refractivity contribution in [2.75, 3.05) is 13.7 Å². The van der Waals surface area contributed by atoms with Gasteiger partial charge in [0.1, 0.15) is 5.69 Å². The molecule has 0 saturated heterocycles. The summed E-state index contributed by atoms with van der Waals surface area (Å²) in [6.45, 7) is 0.421. The average molecular weight is 295 g/mol. The Hall–Kier alpha value is -2.01. The van der Waals surface area contributed by atoms with Crippen LogP contribution in [0, 0.1) is 0 Å². The lowest BCUT2D eigenvalue weighted by molar-refractivity contribution is -0.140. The molecule has 1 aromatic carbocycles. The minimum Gasteiger partial charge on any atom is -0.469 e. The van der Waals surface area contributed by atoms with E-state index in [-0.39, 0.29) is 11.9 Å². The number of benzene rings is 1. The summed E-state index contributed by atoms with van der Waals surface area (Å²) in [5, 5.41) is 4.26. The minimum atomic E-state index is -0.278. The molecule has 1 amide bonds. The molecule has 0 radical (unpaired) electrons. The van der Waals surface area contributed by atoms with Crippen molar-refractivity contribution in [3.63, 3.8) is 0 Å². The smallest absolute Gasteiger partial charge is 0.305 e. The number of amides is 1. The number of carbonyl (C=O) groups is 2. The SMILES string of the molecule is COC(=O)CCCNC(=O)c1cc2cc(Cl)ccc2[nH]1. The molecular weight excluding hydrogens is 280 g/mol. The number of nitrogens with one attached hydrogen (secondary N) is 2. The van der Waals surface area contributed by atoms with E-state index in [1.165, 1.54) is 7.11 Å². The van der Waals surface area contributed by atoms with Gasteiger partial charge in [0.2, 0.25) is 0 Å². The topological polar surface area (TPSA) is 71.2 Å². The second-order valence-corrected chi connectivity index (χ2v) is 4.79. The van der Waals surface area contributed by atoms with Crippen LogP contribution in [0.4, 0.5) is 0 Å². The van der Waals surface area contributed by atoms with Crippen molar-refractivity contribution in [3.05, 3.63) is 35.0 Å². The lowest BCUT2D eigenvalue weighted by atomic mass is 10.2. The third-order valence-electron chi connectivity index (χ3n) is 2.90. The molecule has 0 aliphatic carbocycles. The molecule has 1 heterocycles. The highest BCUT2D eigenvalue weighted by Gasteiger charge is 2.09. The molecule has 20 heavy (non-hydrogen) atoms. The summed E-state index contributed by atoms with van der Waals surface area (Å²) in [6, 6.07) is 7.13. The lowest BCUT2D eigenvalue weighted by Gasteiger charge is -2.02. The van der Waals surface area contributed by atoms with Crippen LogP contribution in [0.5, 0.6) is 0 Å². The number of rotatable bonds is 5. The Morgan fingerprint density at radius 1 is 1.35 bits per heavy atom. The summed E-state index contributed by atoms with van der Waals surface area (Å²) in [5.74, 6) is -0.485. The van der Waals surface area contributed by atoms with E-state index in [1.807, 2.05) is 6.07 Å². The molecule has 2 rings (SSSR count). The van der Waals surface area contributed by atoms with Gasteiger partial charge in [-0.3, -0.25) is 9.59 Å². The molecule has 106 valence electrons. The Labute approximate surface area is 121 Å². The maximum absolute atomic E-state index is 11.9. The zero-order valence-electron chi connectivity index (χ0n) is 11.0. The fourth-order valence-electron chi connectivity index (χ4n) is 1.86. The van der Waals surface area contributed by atoms with Crippen LogP contribution in [0.2, 0.25) is 5.02 Å². The average Bonchev–Trinajstić information content (AvgIpc) is 2.86. The number of carbonyl (C=O) groups excluding carboxylic acids is 2. The van der Waals surface area contributed by atoms with E-state index < -0.39 is 0 Å². The number of esters is 1. The first-order chi connectivity index (χ1) is 9.60. The van der Waals surface area contributed by atoms with Gasteiger partial charge >= 0.3 is 5.97 Å². The molecule has 0 aliphatic rings. The number of hydrogen-bond donors (Lipinski definition) is 2. The van der Waals surface area contributed by atoms with Crippen molar-refractivity contribution < 1.29 is 14.3 Å². The molecule has 1 aromatic heterocycles. The zero-order chi connectivity index (χ0) is 14.5. The van der Waals surface area contributed by atoms with Gasteiger partial charge in [-0.15, -0.1) is 0 Å². The minimum absolute atomic E-state index is 0.206. The molecule has 6 heteroatoms. The number of H-pyrrole nitrogens is 1. The van der Waals surface area contributed by atoms with E-state index in [2.05, 4.69) is 15.0 Å². The maximum Gasteiger partial charge on any atom is 0.305 e. The maximum atomic E-state index is 11.9. The van der Waals surface area contributed by atoms with Crippen molar-refractivity contribution in [1.29, 1.82) is 0 Å². The lowest BCUT2D eigenvalue weighted by Crippen LogP contribution is -2.25. The van der Waals surface area contributed by atoms with E-state index in [4.69, 9.17) is 11.6 Å². The van der Waals surface area contributed by atoms with Gasteiger partial charge in [0.05, 0.1) is 7.11 Å². The molecule has 0 aliphatic heterocycles. The number of methoxy groups -OCH3 is 1. The van der Waals surface area contributed by atoms with Crippen LogP contribution in [0.25, 0.3) is 10.9 Å². The van der Waals surface area contributed by atoms with E-state index in [1.54, 1.807) is 18.2 Å². The van der Waals surface area contributed by atoms with Gasteiger partial charge in [0, 0.05) is 28.9 Å². The Bertz CT molecular complexity index is 636. The number of aromatic amines is 1. The van der Waals surface area contributed by atoms with Crippen LogP contribution in [0.3, 0.4) is 0 Å².